The van der Waals surface area contributed by atoms with E-state index in [4.69, 9.17) is 9.47 Å². The Labute approximate surface area is 124 Å². The van der Waals surface area contributed by atoms with Gasteiger partial charge in [-0.2, -0.15) is 0 Å². The largest absolute Gasteiger partial charge is 0.508 e. The number of carbonyl (C=O) groups is 2. The molecule has 5 nitrogen and oxygen atoms in total. The maximum absolute atomic E-state index is 12.2. The molecule has 1 N–H and O–H groups in total. The molecule has 0 spiro atoms. The summed E-state index contributed by atoms with van der Waals surface area (Å²) in [5, 5.41) is 9.54. The van der Waals surface area contributed by atoms with Crippen molar-refractivity contribution in [2.24, 2.45) is 0 Å². The molecule has 0 aromatic heterocycles. The Morgan fingerprint density at radius 1 is 0.857 bits per heavy atom. The van der Waals surface area contributed by atoms with Crippen LogP contribution in [0.4, 0.5) is 0 Å². The number of esters is 2. The van der Waals surface area contributed by atoms with E-state index >= 15 is 0 Å². The second-order valence-corrected chi connectivity index (χ2v) is 6.73. The Morgan fingerprint density at radius 2 is 1.29 bits per heavy atom. The topological polar surface area (TPSA) is 72.8 Å². The summed E-state index contributed by atoms with van der Waals surface area (Å²) in [6, 6.07) is 3.88. The SMILES string of the molecule is CC(C)(C)OC(=O)c1ccc(O)cc1C(=O)OC(C)(C)C. The molecule has 0 saturated carbocycles. The fourth-order valence-corrected chi connectivity index (χ4v) is 1.55. The molecule has 0 fully saturated rings. The summed E-state index contributed by atoms with van der Waals surface area (Å²) in [5.41, 5.74) is -1.33. The summed E-state index contributed by atoms with van der Waals surface area (Å²) in [5.74, 6) is -1.44. The molecule has 0 unspecified atom stereocenters. The van der Waals surface area contributed by atoms with E-state index in [9.17, 15) is 14.7 Å². The summed E-state index contributed by atoms with van der Waals surface area (Å²) in [6.45, 7) is 10.4. The highest BCUT2D eigenvalue weighted by Gasteiger charge is 2.26. The number of rotatable bonds is 2. The fourth-order valence-electron chi connectivity index (χ4n) is 1.55. The van der Waals surface area contributed by atoms with Gasteiger partial charge in [0.2, 0.25) is 0 Å². The molecule has 0 radical (unpaired) electrons. The van der Waals surface area contributed by atoms with Gasteiger partial charge in [-0.05, 0) is 59.7 Å². The Morgan fingerprint density at radius 3 is 1.71 bits per heavy atom. The van der Waals surface area contributed by atoms with Crippen molar-refractivity contribution in [3.05, 3.63) is 29.3 Å². The molecule has 0 amide bonds. The third-order valence-electron chi connectivity index (χ3n) is 2.24. The van der Waals surface area contributed by atoms with Crippen molar-refractivity contribution in [2.45, 2.75) is 52.7 Å². The van der Waals surface area contributed by atoms with Gasteiger partial charge < -0.3 is 14.6 Å². The smallest absolute Gasteiger partial charge is 0.339 e. The molecule has 0 aliphatic heterocycles. The zero-order valence-electron chi connectivity index (χ0n) is 13.3. The van der Waals surface area contributed by atoms with E-state index in [1.807, 2.05) is 0 Å². The van der Waals surface area contributed by atoms with Crippen molar-refractivity contribution in [3.63, 3.8) is 0 Å². The quantitative estimate of drug-likeness (QED) is 0.847. The van der Waals surface area contributed by atoms with E-state index in [-0.39, 0.29) is 16.9 Å². The molecular weight excluding hydrogens is 272 g/mol. The van der Waals surface area contributed by atoms with Crippen molar-refractivity contribution in [3.8, 4) is 5.75 Å². The van der Waals surface area contributed by atoms with Crippen molar-refractivity contribution < 1.29 is 24.2 Å². The first-order valence-corrected chi connectivity index (χ1v) is 6.69. The molecule has 1 aromatic rings. The average Bonchev–Trinajstić information content (AvgIpc) is 2.23. The summed E-state index contributed by atoms with van der Waals surface area (Å²) < 4.78 is 10.5. The summed E-state index contributed by atoms with van der Waals surface area (Å²) >= 11 is 0. The van der Waals surface area contributed by atoms with Gasteiger partial charge >= 0.3 is 11.9 Å². The first-order chi connectivity index (χ1) is 9.39. The van der Waals surface area contributed by atoms with Crippen LogP contribution >= 0.6 is 0 Å². The second kappa shape index (κ2) is 5.76. The van der Waals surface area contributed by atoms with Crippen LogP contribution in [-0.2, 0) is 9.47 Å². The van der Waals surface area contributed by atoms with E-state index in [2.05, 4.69) is 0 Å². The number of carbonyl (C=O) groups excluding carboxylic acids is 2. The molecule has 0 aliphatic carbocycles. The minimum atomic E-state index is -0.701. The highest BCUT2D eigenvalue weighted by Crippen LogP contribution is 2.22. The first-order valence-electron chi connectivity index (χ1n) is 6.69. The lowest BCUT2D eigenvalue weighted by atomic mass is 10.1. The van der Waals surface area contributed by atoms with Crippen LogP contribution in [0.2, 0.25) is 0 Å². The van der Waals surface area contributed by atoms with Crippen molar-refractivity contribution in [2.75, 3.05) is 0 Å². The zero-order valence-corrected chi connectivity index (χ0v) is 13.3. The van der Waals surface area contributed by atoms with Crippen LogP contribution in [0.25, 0.3) is 0 Å². The Balaban J connectivity index is 3.17. The van der Waals surface area contributed by atoms with Crippen LogP contribution in [0.1, 0.15) is 62.3 Å². The molecule has 0 atom stereocenters. The highest BCUT2D eigenvalue weighted by molar-refractivity contribution is 6.03. The lowest BCUT2D eigenvalue weighted by Gasteiger charge is -2.22. The Bertz CT molecular complexity index is 547. The fraction of sp³-hybridized carbons (Fsp3) is 0.500. The lowest BCUT2D eigenvalue weighted by molar-refractivity contribution is 0.00184. The van der Waals surface area contributed by atoms with Gasteiger partial charge in [0.15, 0.2) is 0 Å². The molecule has 1 aromatic carbocycles. The summed E-state index contributed by atoms with van der Waals surface area (Å²) in [6.07, 6.45) is 0. The molecule has 0 bridgehead atoms. The van der Waals surface area contributed by atoms with Gasteiger partial charge in [-0.3, -0.25) is 0 Å². The number of phenolic OH excluding ortho intramolecular Hbond substituents is 1. The van der Waals surface area contributed by atoms with Gasteiger partial charge in [-0.25, -0.2) is 9.59 Å². The average molecular weight is 294 g/mol. The van der Waals surface area contributed by atoms with Gasteiger partial charge in [0.25, 0.3) is 0 Å². The maximum atomic E-state index is 12.2. The molecule has 0 heterocycles. The standard InChI is InChI=1S/C16H22O5/c1-15(2,3)20-13(18)11-8-7-10(17)9-12(11)14(19)21-16(4,5)6/h7-9,17H,1-6H3. The van der Waals surface area contributed by atoms with Gasteiger partial charge in [-0.15, -0.1) is 0 Å². The van der Waals surface area contributed by atoms with Crippen LogP contribution in [-0.4, -0.2) is 28.2 Å². The van der Waals surface area contributed by atoms with Crippen molar-refractivity contribution in [1.82, 2.24) is 0 Å². The van der Waals surface area contributed by atoms with E-state index in [1.165, 1.54) is 18.2 Å². The Hall–Kier alpha value is -2.04. The van der Waals surface area contributed by atoms with Crippen LogP contribution < -0.4 is 0 Å². The molecular formula is C16H22O5. The van der Waals surface area contributed by atoms with Gasteiger partial charge in [-0.1, -0.05) is 0 Å². The zero-order chi connectivity index (χ0) is 16.4. The number of benzene rings is 1. The number of aromatic hydroxyl groups is 1. The van der Waals surface area contributed by atoms with Gasteiger partial charge in [0.05, 0.1) is 11.1 Å². The lowest BCUT2D eigenvalue weighted by Crippen LogP contribution is -2.27. The normalized spacial score (nSPS) is 11.9. The first kappa shape index (κ1) is 17.0. The molecule has 1 rings (SSSR count). The minimum Gasteiger partial charge on any atom is -0.508 e. The monoisotopic (exact) mass is 294 g/mol. The predicted octanol–water partition coefficient (Wildman–Crippen LogP) is 3.30. The second-order valence-electron chi connectivity index (χ2n) is 6.73. The predicted molar refractivity (Wildman–Crippen MR) is 78.4 cm³/mol. The van der Waals surface area contributed by atoms with Crippen molar-refractivity contribution >= 4 is 11.9 Å². The third-order valence-corrected chi connectivity index (χ3v) is 2.24. The van der Waals surface area contributed by atoms with Gasteiger partial charge in [0.1, 0.15) is 17.0 Å². The Kier molecular flexibility index (Phi) is 4.66. The van der Waals surface area contributed by atoms with Gasteiger partial charge in [0, 0.05) is 0 Å². The molecule has 116 valence electrons. The van der Waals surface area contributed by atoms with Crippen LogP contribution in [0.15, 0.2) is 18.2 Å². The summed E-state index contributed by atoms with van der Waals surface area (Å²) in [7, 11) is 0. The van der Waals surface area contributed by atoms with E-state index in [1.54, 1.807) is 41.5 Å². The maximum Gasteiger partial charge on any atom is 0.339 e. The highest BCUT2D eigenvalue weighted by atomic mass is 16.6. The number of hydrogen-bond donors (Lipinski definition) is 1. The molecule has 0 saturated heterocycles. The van der Waals surface area contributed by atoms with E-state index < -0.39 is 23.1 Å². The molecule has 21 heavy (non-hydrogen) atoms. The number of ether oxygens (including phenoxy) is 2. The number of phenols is 1. The van der Waals surface area contributed by atoms with Crippen molar-refractivity contribution in [1.29, 1.82) is 0 Å². The van der Waals surface area contributed by atoms with E-state index in [0.717, 1.165) is 0 Å². The van der Waals surface area contributed by atoms with Crippen LogP contribution in [0.3, 0.4) is 0 Å². The summed E-state index contributed by atoms with van der Waals surface area (Å²) in [4.78, 5) is 24.3. The van der Waals surface area contributed by atoms with Crippen LogP contribution in [0, 0.1) is 0 Å². The third kappa shape index (κ3) is 5.45. The van der Waals surface area contributed by atoms with Crippen LogP contribution in [0.5, 0.6) is 5.75 Å². The number of hydrogen-bond acceptors (Lipinski definition) is 5. The minimum absolute atomic E-state index is 0.0147. The molecule has 5 heteroatoms. The molecule has 0 aliphatic rings. The van der Waals surface area contributed by atoms with E-state index in [0.29, 0.717) is 0 Å².